The van der Waals surface area contributed by atoms with Crippen LogP contribution >= 0.6 is 0 Å². The zero-order valence-corrected chi connectivity index (χ0v) is 9.83. The monoisotopic (exact) mass is 224 g/mol. The van der Waals surface area contributed by atoms with Gasteiger partial charge in [0.05, 0.1) is 5.41 Å². The van der Waals surface area contributed by atoms with E-state index in [0.717, 1.165) is 5.56 Å². The molecule has 1 N–H and O–H groups in total. The maximum absolute atomic E-state index is 12.7. The molecule has 16 heavy (non-hydrogen) atoms. The molecule has 0 bridgehead atoms. The first-order chi connectivity index (χ1) is 7.33. The second-order valence-corrected chi connectivity index (χ2v) is 4.85. The number of carboxylic acid groups (broad SMARTS) is 1. The second kappa shape index (κ2) is 4.64. The summed E-state index contributed by atoms with van der Waals surface area (Å²) in [6.07, 6.45) is 0.536. The van der Waals surface area contributed by atoms with Crippen LogP contribution in [0.3, 0.4) is 0 Å². The molecule has 1 aromatic rings. The maximum atomic E-state index is 12.7. The van der Waals surface area contributed by atoms with Gasteiger partial charge in [-0.05, 0) is 43.9 Å². The minimum atomic E-state index is -0.804. The van der Waals surface area contributed by atoms with E-state index in [4.69, 9.17) is 5.11 Å². The zero-order chi connectivity index (χ0) is 12.3. The molecule has 2 nitrogen and oxygen atoms in total. The molecule has 3 heteroatoms. The Hall–Kier alpha value is -1.38. The first kappa shape index (κ1) is 12.7. The lowest BCUT2D eigenvalue weighted by molar-refractivity contribution is -0.147. The van der Waals surface area contributed by atoms with Gasteiger partial charge in [0, 0.05) is 0 Å². The largest absolute Gasteiger partial charge is 0.481 e. The third kappa shape index (κ3) is 3.05. The normalized spacial score (nSPS) is 13.5. The van der Waals surface area contributed by atoms with Crippen LogP contribution in [0.2, 0.25) is 0 Å². The molecule has 88 valence electrons. The van der Waals surface area contributed by atoms with Crippen LogP contribution in [-0.4, -0.2) is 11.1 Å². The van der Waals surface area contributed by atoms with Gasteiger partial charge in [-0.1, -0.05) is 19.1 Å². The van der Waals surface area contributed by atoms with E-state index in [1.807, 2.05) is 6.92 Å². The van der Waals surface area contributed by atoms with Crippen LogP contribution in [0.25, 0.3) is 0 Å². The molecule has 0 spiro atoms. The molecule has 0 aliphatic carbocycles. The second-order valence-electron chi connectivity index (χ2n) is 4.85. The van der Waals surface area contributed by atoms with Crippen molar-refractivity contribution in [1.29, 1.82) is 0 Å². The summed E-state index contributed by atoms with van der Waals surface area (Å²) in [5, 5.41) is 9.02. The lowest BCUT2D eigenvalue weighted by Gasteiger charge is -2.23. The third-order valence-electron chi connectivity index (χ3n) is 2.83. The van der Waals surface area contributed by atoms with E-state index in [1.165, 1.54) is 12.1 Å². The molecule has 0 saturated carbocycles. The van der Waals surface area contributed by atoms with Gasteiger partial charge in [0.1, 0.15) is 5.82 Å². The molecule has 0 aliphatic heterocycles. The number of rotatable bonds is 4. The molecule has 1 atom stereocenters. The number of carbonyl (C=O) groups is 1. The van der Waals surface area contributed by atoms with Crippen LogP contribution < -0.4 is 0 Å². The average Bonchev–Trinajstić information content (AvgIpc) is 2.17. The SMILES string of the molecule is CC(CC(C)(C)C(=O)O)c1ccc(F)cc1. The van der Waals surface area contributed by atoms with Crippen LogP contribution in [0.15, 0.2) is 24.3 Å². The Morgan fingerprint density at radius 1 is 1.38 bits per heavy atom. The first-order valence-electron chi connectivity index (χ1n) is 5.32. The Kier molecular flexibility index (Phi) is 3.68. The van der Waals surface area contributed by atoms with E-state index in [9.17, 15) is 9.18 Å². The predicted molar refractivity (Wildman–Crippen MR) is 60.8 cm³/mol. The molecular weight excluding hydrogens is 207 g/mol. The first-order valence-corrected chi connectivity index (χ1v) is 5.32. The summed E-state index contributed by atoms with van der Waals surface area (Å²) in [4.78, 5) is 11.0. The molecule has 0 heterocycles. The van der Waals surface area contributed by atoms with Gasteiger partial charge >= 0.3 is 5.97 Å². The summed E-state index contributed by atoms with van der Waals surface area (Å²) in [6.45, 7) is 5.36. The van der Waals surface area contributed by atoms with E-state index in [-0.39, 0.29) is 11.7 Å². The van der Waals surface area contributed by atoms with Gasteiger partial charge in [-0.25, -0.2) is 4.39 Å². The van der Waals surface area contributed by atoms with Crippen LogP contribution in [-0.2, 0) is 4.79 Å². The Labute approximate surface area is 95.1 Å². The van der Waals surface area contributed by atoms with Crippen molar-refractivity contribution in [2.24, 2.45) is 5.41 Å². The van der Waals surface area contributed by atoms with E-state index < -0.39 is 11.4 Å². The van der Waals surface area contributed by atoms with Crippen LogP contribution in [0.5, 0.6) is 0 Å². The molecule has 0 fully saturated rings. The molecule has 0 aromatic heterocycles. The molecule has 0 saturated heterocycles. The van der Waals surface area contributed by atoms with Crippen molar-refractivity contribution in [1.82, 2.24) is 0 Å². The lowest BCUT2D eigenvalue weighted by atomic mass is 9.81. The van der Waals surface area contributed by atoms with Crippen molar-refractivity contribution in [3.05, 3.63) is 35.6 Å². The summed E-state index contributed by atoms with van der Waals surface area (Å²) in [7, 11) is 0. The summed E-state index contributed by atoms with van der Waals surface area (Å²) in [5.74, 6) is -0.971. The minimum absolute atomic E-state index is 0.103. The van der Waals surface area contributed by atoms with Crippen molar-refractivity contribution in [3.63, 3.8) is 0 Å². The zero-order valence-electron chi connectivity index (χ0n) is 9.83. The standard InChI is InChI=1S/C13H17FO2/c1-9(8-13(2,3)12(15)16)10-4-6-11(14)7-5-10/h4-7,9H,8H2,1-3H3,(H,15,16). The Morgan fingerprint density at radius 3 is 2.31 bits per heavy atom. The van der Waals surface area contributed by atoms with Crippen LogP contribution in [0.1, 0.15) is 38.7 Å². The number of hydrogen-bond acceptors (Lipinski definition) is 1. The Morgan fingerprint density at radius 2 is 1.88 bits per heavy atom. The molecule has 1 rings (SSSR count). The molecule has 0 aliphatic rings. The summed E-state index contributed by atoms with van der Waals surface area (Å²) in [6, 6.07) is 6.22. The fourth-order valence-electron chi connectivity index (χ4n) is 1.76. The van der Waals surface area contributed by atoms with Crippen LogP contribution in [0, 0.1) is 11.2 Å². The highest BCUT2D eigenvalue weighted by Gasteiger charge is 2.29. The average molecular weight is 224 g/mol. The number of halogens is 1. The highest BCUT2D eigenvalue weighted by Crippen LogP contribution is 2.31. The highest BCUT2D eigenvalue weighted by molar-refractivity contribution is 5.73. The molecule has 0 radical (unpaired) electrons. The molecule has 1 aromatic carbocycles. The Balaban J connectivity index is 2.76. The summed E-state index contributed by atoms with van der Waals surface area (Å²) < 4.78 is 12.7. The Bertz CT molecular complexity index is 368. The number of benzene rings is 1. The topological polar surface area (TPSA) is 37.3 Å². The highest BCUT2D eigenvalue weighted by atomic mass is 19.1. The van der Waals surface area contributed by atoms with Crippen molar-refractivity contribution in [2.45, 2.75) is 33.1 Å². The smallest absolute Gasteiger partial charge is 0.309 e. The van der Waals surface area contributed by atoms with Crippen molar-refractivity contribution in [2.75, 3.05) is 0 Å². The van der Waals surface area contributed by atoms with E-state index in [1.54, 1.807) is 26.0 Å². The van der Waals surface area contributed by atoms with E-state index in [2.05, 4.69) is 0 Å². The van der Waals surface area contributed by atoms with Gasteiger partial charge < -0.3 is 5.11 Å². The van der Waals surface area contributed by atoms with Crippen molar-refractivity contribution in [3.8, 4) is 0 Å². The molecule has 0 amide bonds. The number of carboxylic acids is 1. The molecule has 1 unspecified atom stereocenters. The van der Waals surface area contributed by atoms with Gasteiger partial charge in [-0.15, -0.1) is 0 Å². The van der Waals surface area contributed by atoms with Gasteiger partial charge in [0.15, 0.2) is 0 Å². The van der Waals surface area contributed by atoms with Crippen molar-refractivity contribution >= 4 is 5.97 Å². The fourth-order valence-corrected chi connectivity index (χ4v) is 1.76. The number of aliphatic carboxylic acids is 1. The summed E-state index contributed by atoms with van der Waals surface area (Å²) >= 11 is 0. The maximum Gasteiger partial charge on any atom is 0.309 e. The quantitative estimate of drug-likeness (QED) is 0.850. The third-order valence-corrected chi connectivity index (χ3v) is 2.83. The number of hydrogen-bond donors (Lipinski definition) is 1. The van der Waals surface area contributed by atoms with E-state index >= 15 is 0 Å². The summed E-state index contributed by atoms with van der Waals surface area (Å²) in [5.41, 5.74) is 0.212. The van der Waals surface area contributed by atoms with Gasteiger partial charge in [-0.2, -0.15) is 0 Å². The molecular formula is C13H17FO2. The van der Waals surface area contributed by atoms with Gasteiger partial charge in [0.25, 0.3) is 0 Å². The van der Waals surface area contributed by atoms with Gasteiger partial charge in [-0.3, -0.25) is 4.79 Å². The van der Waals surface area contributed by atoms with Gasteiger partial charge in [0.2, 0.25) is 0 Å². The fraction of sp³-hybridized carbons (Fsp3) is 0.462. The minimum Gasteiger partial charge on any atom is -0.481 e. The lowest BCUT2D eigenvalue weighted by Crippen LogP contribution is -2.25. The van der Waals surface area contributed by atoms with E-state index in [0.29, 0.717) is 6.42 Å². The van der Waals surface area contributed by atoms with Crippen LogP contribution in [0.4, 0.5) is 4.39 Å². The van der Waals surface area contributed by atoms with Crippen molar-refractivity contribution < 1.29 is 14.3 Å². The predicted octanol–water partition coefficient (Wildman–Crippen LogP) is 3.43.